The fourth-order valence-corrected chi connectivity index (χ4v) is 1.93. The van der Waals surface area contributed by atoms with E-state index in [0.717, 1.165) is 11.8 Å². The van der Waals surface area contributed by atoms with Crippen molar-refractivity contribution in [1.82, 2.24) is 4.90 Å². The molecule has 2 aliphatic rings. The van der Waals surface area contributed by atoms with Gasteiger partial charge in [0, 0.05) is 13.1 Å². The molecule has 0 aromatic carbocycles. The van der Waals surface area contributed by atoms with Gasteiger partial charge in [-0.05, 0) is 44.6 Å². The maximum Gasteiger partial charge on any atom is 0.000673 e. The lowest BCUT2D eigenvalue weighted by Crippen LogP contribution is -2.30. The first-order valence-electron chi connectivity index (χ1n) is 5.03. The number of hydrogen-bond donors (Lipinski definition) is 0. The SMILES string of the molecule is CN(CC1CCC1)CC1CC1. The fourth-order valence-electron chi connectivity index (χ4n) is 1.93. The Morgan fingerprint density at radius 3 is 1.91 bits per heavy atom. The Hall–Kier alpha value is -0.0400. The van der Waals surface area contributed by atoms with Crippen LogP contribution in [0.4, 0.5) is 0 Å². The Balaban J connectivity index is 1.59. The lowest BCUT2D eigenvalue weighted by Gasteiger charge is -2.30. The van der Waals surface area contributed by atoms with Crippen LogP contribution >= 0.6 is 0 Å². The first-order valence-corrected chi connectivity index (χ1v) is 5.03. The molecule has 1 nitrogen and oxygen atoms in total. The van der Waals surface area contributed by atoms with Crippen LogP contribution < -0.4 is 0 Å². The van der Waals surface area contributed by atoms with Crippen molar-refractivity contribution in [2.45, 2.75) is 32.1 Å². The van der Waals surface area contributed by atoms with E-state index in [-0.39, 0.29) is 0 Å². The van der Waals surface area contributed by atoms with Crippen molar-refractivity contribution in [3.8, 4) is 0 Å². The molecule has 0 spiro atoms. The van der Waals surface area contributed by atoms with Crippen molar-refractivity contribution in [3.63, 3.8) is 0 Å². The molecule has 2 aliphatic carbocycles. The van der Waals surface area contributed by atoms with Crippen LogP contribution in [0.15, 0.2) is 0 Å². The Morgan fingerprint density at radius 2 is 1.55 bits per heavy atom. The maximum absolute atomic E-state index is 2.54. The fraction of sp³-hybridized carbons (Fsp3) is 1.00. The molecular weight excluding hydrogens is 134 g/mol. The van der Waals surface area contributed by atoms with Gasteiger partial charge in [0.05, 0.1) is 0 Å². The molecule has 64 valence electrons. The summed E-state index contributed by atoms with van der Waals surface area (Å²) in [4.78, 5) is 2.54. The summed E-state index contributed by atoms with van der Waals surface area (Å²) < 4.78 is 0. The molecule has 0 amide bonds. The molecule has 1 heteroatoms. The molecule has 2 fully saturated rings. The van der Waals surface area contributed by atoms with Crippen LogP contribution in [0.5, 0.6) is 0 Å². The summed E-state index contributed by atoms with van der Waals surface area (Å²) in [5.41, 5.74) is 0. The van der Waals surface area contributed by atoms with E-state index in [4.69, 9.17) is 0 Å². The molecule has 0 radical (unpaired) electrons. The maximum atomic E-state index is 2.54. The minimum atomic E-state index is 1.05. The summed E-state index contributed by atoms with van der Waals surface area (Å²) in [7, 11) is 2.29. The van der Waals surface area contributed by atoms with Gasteiger partial charge in [-0.25, -0.2) is 0 Å². The molecule has 11 heavy (non-hydrogen) atoms. The van der Waals surface area contributed by atoms with Gasteiger partial charge in [0.1, 0.15) is 0 Å². The van der Waals surface area contributed by atoms with Crippen LogP contribution in [0, 0.1) is 11.8 Å². The number of hydrogen-bond acceptors (Lipinski definition) is 1. The van der Waals surface area contributed by atoms with Crippen LogP contribution in [0.2, 0.25) is 0 Å². The van der Waals surface area contributed by atoms with E-state index in [1.165, 1.54) is 45.2 Å². The van der Waals surface area contributed by atoms with Gasteiger partial charge in [-0.1, -0.05) is 6.42 Å². The van der Waals surface area contributed by atoms with Crippen LogP contribution in [0.1, 0.15) is 32.1 Å². The first kappa shape index (κ1) is 7.60. The zero-order valence-electron chi connectivity index (χ0n) is 7.55. The van der Waals surface area contributed by atoms with E-state index in [2.05, 4.69) is 11.9 Å². The molecule has 2 saturated carbocycles. The van der Waals surface area contributed by atoms with Gasteiger partial charge in [-0.2, -0.15) is 0 Å². The minimum Gasteiger partial charge on any atom is -0.306 e. The summed E-state index contributed by atoms with van der Waals surface area (Å²) >= 11 is 0. The molecule has 0 N–H and O–H groups in total. The average molecular weight is 153 g/mol. The minimum absolute atomic E-state index is 1.05. The summed E-state index contributed by atoms with van der Waals surface area (Å²) in [5, 5.41) is 0. The van der Waals surface area contributed by atoms with Gasteiger partial charge in [-0.3, -0.25) is 0 Å². The molecule has 0 atom stereocenters. The standard InChI is InChI=1S/C10H19N/c1-11(8-10-5-6-10)7-9-3-2-4-9/h9-10H,2-8H2,1H3. The Kier molecular flexibility index (Phi) is 2.17. The third-order valence-electron chi connectivity index (χ3n) is 3.06. The summed E-state index contributed by atoms with van der Waals surface area (Å²) in [6.07, 6.45) is 7.47. The zero-order chi connectivity index (χ0) is 7.68. The van der Waals surface area contributed by atoms with Crippen molar-refractivity contribution >= 4 is 0 Å². The predicted octanol–water partition coefficient (Wildman–Crippen LogP) is 2.13. The van der Waals surface area contributed by atoms with Crippen LogP contribution in [0.3, 0.4) is 0 Å². The Labute approximate surface area is 69.8 Å². The van der Waals surface area contributed by atoms with Crippen molar-refractivity contribution < 1.29 is 0 Å². The molecule has 0 unspecified atom stereocenters. The third-order valence-corrected chi connectivity index (χ3v) is 3.06. The summed E-state index contributed by atoms with van der Waals surface area (Å²) in [6, 6.07) is 0. The van der Waals surface area contributed by atoms with Crippen LogP contribution in [0.25, 0.3) is 0 Å². The highest BCUT2D eigenvalue weighted by Gasteiger charge is 2.25. The molecule has 0 heterocycles. The van der Waals surface area contributed by atoms with Gasteiger partial charge < -0.3 is 4.90 Å². The number of nitrogens with zero attached hydrogens (tertiary/aromatic N) is 1. The smallest absolute Gasteiger partial charge is 0.000673 e. The largest absolute Gasteiger partial charge is 0.306 e. The van der Waals surface area contributed by atoms with E-state index in [9.17, 15) is 0 Å². The Morgan fingerprint density at radius 1 is 1.00 bits per heavy atom. The highest BCUT2D eigenvalue weighted by atomic mass is 15.1. The highest BCUT2D eigenvalue weighted by molar-refractivity contribution is 4.78. The average Bonchev–Trinajstić information content (AvgIpc) is 2.62. The Bertz CT molecular complexity index is 125. The van der Waals surface area contributed by atoms with Crippen molar-refractivity contribution in [2.75, 3.05) is 20.1 Å². The normalized spacial score (nSPS) is 25.6. The van der Waals surface area contributed by atoms with Gasteiger partial charge in [-0.15, -0.1) is 0 Å². The molecule has 0 saturated heterocycles. The van der Waals surface area contributed by atoms with E-state index in [1.807, 2.05) is 0 Å². The molecule has 0 bridgehead atoms. The van der Waals surface area contributed by atoms with Gasteiger partial charge in [0.15, 0.2) is 0 Å². The number of rotatable bonds is 4. The molecular formula is C10H19N. The highest BCUT2D eigenvalue weighted by Crippen LogP contribution is 2.31. The zero-order valence-corrected chi connectivity index (χ0v) is 7.55. The van der Waals surface area contributed by atoms with Gasteiger partial charge in [0.25, 0.3) is 0 Å². The molecule has 0 aromatic heterocycles. The van der Waals surface area contributed by atoms with Crippen molar-refractivity contribution in [1.29, 1.82) is 0 Å². The second-order valence-corrected chi connectivity index (χ2v) is 4.46. The van der Waals surface area contributed by atoms with Crippen molar-refractivity contribution in [2.24, 2.45) is 11.8 Å². The lowest BCUT2D eigenvalue weighted by atomic mass is 9.85. The third kappa shape index (κ3) is 2.19. The molecule has 0 aliphatic heterocycles. The van der Waals surface area contributed by atoms with Crippen LogP contribution in [-0.4, -0.2) is 25.0 Å². The molecule has 2 rings (SSSR count). The second kappa shape index (κ2) is 3.14. The molecule has 0 aromatic rings. The summed E-state index contributed by atoms with van der Waals surface area (Å²) in [6.45, 7) is 2.74. The first-order chi connectivity index (χ1) is 5.34. The van der Waals surface area contributed by atoms with Crippen LogP contribution in [-0.2, 0) is 0 Å². The monoisotopic (exact) mass is 153 g/mol. The van der Waals surface area contributed by atoms with Gasteiger partial charge in [0.2, 0.25) is 0 Å². The predicted molar refractivity (Wildman–Crippen MR) is 47.6 cm³/mol. The van der Waals surface area contributed by atoms with E-state index in [0.29, 0.717) is 0 Å². The topological polar surface area (TPSA) is 3.24 Å². The van der Waals surface area contributed by atoms with E-state index < -0.39 is 0 Å². The van der Waals surface area contributed by atoms with Gasteiger partial charge >= 0.3 is 0 Å². The van der Waals surface area contributed by atoms with E-state index in [1.54, 1.807) is 0 Å². The second-order valence-electron chi connectivity index (χ2n) is 4.46. The quantitative estimate of drug-likeness (QED) is 0.598. The lowest BCUT2D eigenvalue weighted by molar-refractivity contribution is 0.200. The van der Waals surface area contributed by atoms with Crippen molar-refractivity contribution in [3.05, 3.63) is 0 Å². The summed E-state index contributed by atoms with van der Waals surface area (Å²) in [5.74, 6) is 2.12. The van der Waals surface area contributed by atoms with E-state index >= 15 is 0 Å².